The molecular formula is C42H79O13PSi. The van der Waals surface area contributed by atoms with Gasteiger partial charge in [0, 0.05) is 38.5 Å². The van der Waals surface area contributed by atoms with E-state index in [0.717, 1.165) is 19.3 Å². The summed E-state index contributed by atoms with van der Waals surface area (Å²) in [6, 6.07) is 0. The first-order valence-electron chi connectivity index (χ1n) is 21.5. The van der Waals surface area contributed by atoms with Crippen molar-refractivity contribution in [3.8, 4) is 0 Å². The summed E-state index contributed by atoms with van der Waals surface area (Å²) < 4.78 is 69.7. The van der Waals surface area contributed by atoms with Gasteiger partial charge < -0.3 is 47.0 Å². The molecule has 3 rings (SSSR count). The summed E-state index contributed by atoms with van der Waals surface area (Å²) in [6.07, 6.45) is 3.45. The minimum Gasteiger partial charge on any atom is -0.481 e. The van der Waals surface area contributed by atoms with Crippen molar-refractivity contribution in [2.24, 2.45) is 5.92 Å². The number of unbranched alkanes of at least 4 members (excludes halogenated alkanes) is 2. The topological polar surface area (TPSA) is 155 Å². The van der Waals surface area contributed by atoms with Crippen LogP contribution in [0.1, 0.15) is 154 Å². The lowest BCUT2D eigenvalue weighted by atomic mass is 9.86. The molecule has 3 aliphatic heterocycles. The van der Waals surface area contributed by atoms with Gasteiger partial charge in [0.25, 0.3) is 0 Å². The van der Waals surface area contributed by atoms with Gasteiger partial charge in [-0.1, -0.05) is 47.0 Å². The smallest absolute Gasteiger partial charge is 0.340 e. The Bertz CT molecular complexity index is 1340. The highest BCUT2D eigenvalue weighted by atomic mass is 31.2. The van der Waals surface area contributed by atoms with Gasteiger partial charge in [0.15, 0.2) is 25.7 Å². The average Bonchev–Trinajstić information content (AvgIpc) is 3.01. The monoisotopic (exact) mass is 851 g/mol. The maximum Gasteiger partial charge on any atom is 0.340 e. The Morgan fingerprint density at radius 3 is 1.63 bits per heavy atom. The van der Waals surface area contributed by atoms with Gasteiger partial charge in [-0.05, 0) is 86.9 Å². The molecule has 0 spiro atoms. The van der Waals surface area contributed by atoms with E-state index in [2.05, 4.69) is 40.8 Å². The van der Waals surface area contributed by atoms with Crippen LogP contribution in [0.15, 0.2) is 0 Å². The summed E-state index contributed by atoms with van der Waals surface area (Å²) in [5.74, 6) is -4.89. The molecule has 0 bridgehead atoms. The number of hydrogen-bond donors (Lipinski definition) is 1. The average molecular weight is 851 g/mol. The predicted molar refractivity (Wildman–Crippen MR) is 222 cm³/mol. The van der Waals surface area contributed by atoms with Crippen LogP contribution in [0.5, 0.6) is 0 Å². The molecule has 3 fully saturated rings. The summed E-state index contributed by atoms with van der Waals surface area (Å²) in [5, 5.41) is 10.7. The third-order valence-corrected chi connectivity index (χ3v) is 18.7. The number of hydrogen-bond acceptors (Lipinski definition) is 12. The second-order valence-corrected chi connectivity index (χ2v) is 26.4. The molecule has 0 aromatic carbocycles. The van der Waals surface area contributed by atoms with Crippen LogP contribution in [-0.2, 0) is 56.0 Å². The normalized spacial score (nSPS) is 29.7. The molecule has 3 aliphatic rings. The lowest BCUT2D eigenvalue weighted by molar-refractivity contribution is -0.336. The van der Waals surface area contributed by atoms with Crippen molar-refractivity contribution in [1.29, 1.82) is 0 Å². The summed E-state index contributed by atoms with van der Waals surface area (Å²) in [7, 11) is -5.93. The van der Waals surface area contributed by atoms with Crippen LogP contribution in [0.3, 0.4) is 0 Å². The van der Waals surface area contributed by atoms with Crippen LogP contribution in [0.4, 0.5) is 0 Å². The summed E-state index contributed by atoms with van der Waals surface area (Å²) in [4.78, 5) is 26.6. The second kappa shape index (κ2) is 20.4. The first-order chi connectivity index (χ1) is 26.1. The maximum atomic E-state index is 13.4. The highest BCUT2D eigenvalue weighted by Crippen LogP contribution is 2.54. The maximum absolute atomic E-state index is 13.4. The molecule has 3 saturated heterocycles. The minimum atomic E-state index is -3.62. The fourth-order valence-corrected chi connectivity index (χ4v) is 11.4. The van der Waals surface area contributed by atoms with Crippen LogP contribution < -0.4 is 0 Å². The lowest BCUT2D eigenvalue weighted by Crippen LogP contribution is -2.55. The molecule has 57 heavy (non-hydrogen) atoms. The SMILES string of the molecule is CCCCC[C@@H](O[Si](C)(C)C(C)(C)C)[C@@H](C(=O)O)[C@@H]1C[C@H](C[C@@H]2C[C@H](C[C@@H]3C[C@H](CC(=O)C(C)P(=O)(OCC)OCC)OC(C)(C)O3)OC(C)(C)O2)OC(C)(C)O1. The number of carboxylic acids is 1. The Labute approximate surface area is 345 Å². The molecule has 0 radical (unpaired) electrons. The molecule has 0 aromatic heterocycles. The summed E-state index contributed by atoms with van der Waals surface area (Å²) in [5.41, 5.74) is -0.926. The fraction of sp³-hybridized carbons (Fsp3) is 0.952. The fourth-order valence-electron chi connectivity index (χ4n) is 8.31. The number of Topliss-reactive ketones (excluding diaryl/α,β-unsaturated/α-hetero) is 1. The Morgan fingerprint density at radius 2 is 1.19 bits per heavy atom. The van der Waals surface area contributed by atoms with E-state index in [9.17, 15) is 19.3 Å². The van der Waals surface area contributed by atoms with E-state index in [1.807, 2.05) is 41.5 Å². The van der Waals surface area contributed by atoms with E-state index >= 15 is 0 Å². The van der Waals surface area contributed by atoms with Gasteiger partial charge in [-0.2, -0.15) is 0 Å². The number of carbonyl (C=O) groups is 2. The minimum absolute atomic E-state index is 0.0487. The van der Waals surface area contributed by atoms with Gasteiger partial charge in [-0.15, -0.1) is 0 Å². The largest absolute Gasteiger partial charge is 0.481 e. The number of ketones is 1. The molecule has 1 unspecified atom stereocenters. The van der Waals surface area contributed by atoms with Crippen LogP contribution >= 0.6 is 7.60 Å². The van der Waals surface area contributed by atoms with Crippen molar-refractivity contribution in [3.63, 3.8) is 0 Å². The van der Waals surface area contributed by atoms with Crippen molar-refractivity contribution in [1.82, 2.24) is 0 Å². The molecule has 0 amide bonds. The standard InChI is InChI=1S/C42H79O13PSi/c1-16-19-20-21-35(55-57(14,15)39(5,6)7)37(38(44)45)36-27-33(53-42(12,13)54-36)25-31-23-29(49-40(8,9)51-31)22-30-24-32(52-41(10,11)50-30)26-34(43)28(4)56(46,47-17-2)48-18-3/h28-33,35-37H,16-27H2,1-15H3,(H,44,45)/t28?,29-,30+,31-,32+,33-,35+,36-,37+/m0/s1. The van der Waals surface area contributed by atoms with Crippen molar-refractivity contribution in [3.05, 3.63) is 0 Å². The Balaban J connectivity index is 1.76. The van der Waals surface area contributed by atoms with E-state index in [1.165, 1.54) is 0 Å². The molecule has 334 valence electrons. The zero-order chi connectivity index (χ0) is 43.2. The van der Waals surface area contributed by atoms with Gasteiger partial charge in [-0.3, -0.25) is 14.2 Å². The van der Waals surface area contributed by atoms with Crippen LogP contribution in [0.2, 0.25) is 18.1 Å². The van der Waals surface area contributed by atoms with E-state index in [1.54, 1.807) is 20.8 Å². The van der Waals surface area contributed by atoms with Crippen LogP contribution in [-0.4, -0.2) is 104 Å². The zero-order valence-electron chi connectivity index (χ0n) is 38.0. The predicted octanol–water partition coefficient (Wildman–Crippen LogP) is 9.78. The molecule has 0 aliphatic carbocycles. The molecular weight excluding hydrogens is 772 g/mol. The van der Waals surface area contributed by atoms with E-state index in [0.29, 0.717) is 38.5 Å². The summed E-state index contributed by atoms with van der Waals surface area (Å²) in [6.45, 7) is 29.6. The van der Waals surface area contributed by atoms with Gasteiger partial charge in [0.05, 0.1) is 55.9 Å². The Kier molecular flexibility index (Phi) is 18.1. The van der Waals surface area contributed by atoms with Crippen molar-refractivity contribution in [2.45, 2.75) is 238 Å². The first kappa shape index (κ1) is 50.6. The molecule has 3 heterocycles. The summed E-state index contributed by atoms with van der Waals surface area (Å²) >= 11 is 0. The number of ether oxygens (including phenoxy) is 6. The number of rotatable bonds is 21. The quantitative estimate of drug-likeness (QED) is 0.0663. The van der Waals surface area contributed by atoms with Gasteiger partial charge in [-0.25, -0.2) is 0 Å². The molecule has 1 N–H and O–H groups in total. The second-order valence-electron chi connectivity index (χ2n) is 19.2. The zero-order valence-corrected chi connectivity index (χ0v) is 39.9. The highest BCUT2D eigenvalue weighted by molar-refractivity contribution is 7.55. The molecule has 0 saturated carbocycles. The third kappa shape index (κ3) is 15.0. The van der Waals surface area contributed by atoms with E-state index in [4.69, 9.17) is 41.9 Å². The van der Waals surface area contributed by atoms with Crippen molar-refractivity contribution >= 4 is 27.7 Å². The Morgan fingerprint density at radius 1 is 0.754 bits per heavy atom. The molecule has 13 nitrogen and oxygen atoms in total. The highest BCUT2D eigenvalue weighted by Gasteiger charge is 2.50. The number of carbonyl (C=O) groups excluding carboxylic acids is 1. The van der Waals surface area contributed by atoms with Gasteiger partial charge in [0.1, 0.15) is 17.4 Å². The van der Waals surface area contributed by atoms with E-state index in [-0.39, 0.29) is 54.9 Å². The van der Waals surface area contributed by atoms with Gasteiger partial charge >= 0.3 is 13.6 Å². The Hall–Kier alpha value is -0.773. The third-order valence-electron chi connectivity index (χ3n) is 11.7. The number of aliphatic carboxylic acids is 1. The number of carboxylic acid groups (broad SMARTS) is 1. The van der Waals surface area contributed by atoms with Crippen LogP contribution in [0.25, 0.3) is 0 Å². The van der Waals surface area contributed by atoms with Crippen molar-refractivity contribution in [2.75, 3.05) is 13.2 Å². The van der Waals surface area contributed by atoms with Crippen LogP contribution in [0, 0.1) is 5.92 Å². The molecule has 9 atom stereocenters. The molecule has 15 heteroatoms. The van der Waals surface area contributed by atoms with Crippen molar-refractivity contribution < 1.29 is 61.2 Å². The van der Waals surface area contributed by atoms with Gasteiger partial charge in [0.2, 0.25) is 0 Å². The molecule has 0 aromatic rings. The van der Waals surface area contributed by atoms with E-state index < -0.39 is 69.1 Å². The lowest BCUT2D eigenvalue weighted by Gasteiger charge is -2.48. The first-order valence-corrected chi connectivity index (χ1v) is 26.1.